The molecular weight excluding hydrogens is 236 g/mol. The Balaban J connectivity index is 2.10. The predicted molar refractivity (Wildman–Crippen MR) is 68.2 cm³/mol. The molecule has 0 aliphatic rings. The molecule has 0 unspecified atom stereocenters. The summed E-state index contributed by atoms with van der Waals surface area (Å²) in [5.41, 5.74) is 0.608. The Hall–Kier alpha value is -1.53. The van der Waals surface area contributed by atoms with Gasteiger partial charge in [0.05, 0.1) is 5.69 Å². The maximum absolute atomic E-state index is 11.2. The van der Waals surface area contributed by atoms with E-state index in [1.807, 2.05) is 6.07 Å². The van der Waals surface area contributed by atoms with Crippen molar-refractivity contribution in [2.24, 2.45) is 0 Å². The summed E-state index contributed by atoms with van der Waals surface area (Å²) in [6.45, 7) is 3.92. The number of H-pyrrole nitrogens is 1. The van der Waals surface area contributed by atoms with E-state index in [4.69, 9.17) is 0 Å². The minimum absolute atomic E-state index is 0.119. The fourth-order valence-corrected chi connectivity index (χ4v) is 2.23. The third-order valence-electron chi connectivity index (χ3n) is 2.23. The van der Waals surface area contributed by atoms with Gasteiger partial charge in [-0.1, -0.05) is 24.3 Å². The third kappa shape index (κ3) is 3.21. The molecule has 2 aromatic heterocycles. The van der Waals surface area contributed by atoms with Gasteiger partial charge in [-0.2, -0.15) is 0 Å². The van der Waals surface area contributed by atoms with Gasteiger partial charge in [-0.25, -0.2) is 0 Å². The van der Waals surface area contributed by atoms with Crippen molar-refractivity contribution in [3.63, 3.8) is 0 Å². The molecule has 0 aliphatic carbocycles. The van der Waals surface area contributed by atoms with Crippen molar-refractivity contribution in [2.45, 2.75) is 13.3 Å². The van der Waals surface area contributed by atoms with Crippen LogP contribution >= 0.6 is 11.3 Å². The molecule has 0 atom stereocenters. The topological polar surface area (TPSA) is 70.7 Å². The highest BCUT2D eigenvalue weighted by Crippen LogP contribution is 2.20. The summed E-state index contributed by atoms with van der Waals surface area (Å²) in [4.78, 5) is 13.9. The van der Waals surface area contributed by atoms with Gasteiger partial charge in [0.25, 0.3) is 0 Å². The molecule has 17 heavy (non-hydrogen) atoms. The summed E-state index contributed by atoms with van der Waals surface area (Å²) < 4.78 is 0. The monoisotopic (exact) mass is 250 g/mol. The van der Waals surface area contributed by atoms with Crippen molar-refractivity contribution in [1.82, 2.24) is 20.5 Å². The SMILES string of the molecule is CCNCCc1nnc(-c2cccc(=O)[nH]2)s1. The maximum atomic E-state index is 11.2. The smallest absolute Gasteiger partial charge is 0.248 e. The lowest BCUT2D eigenvalue weighted by Gasteiger charge is -1.96. The Labute approximate surface area is 103 Å². The number of nitrogens with zero attached hydrogens (tertiary/aromatic N) is 2. The molecule has 0 spiro atoms. The molecule has 0 aliphatic heterocycles. The Morgan fingerprint density at radius 1 is 1.41 bits per heavy atom. The van der Waals surface area contributed by atoms with E-state index in [1.54, 1.807) is 6.07 Å². The fourth-order valence-electron chi connectivity index (χ4n) is 1.41. The number of pyridine rings is 1. The second-order valence-corrected chi connectivity index (χ2v) is 4.60. The first-order chi connectivity index (χ1) is 8.29. The average Bonchev–Trinajstić information content (AvgIpc) is 2.78. The number of aromatic nitrogens is 3. The van der Waals surface area contributed by atoms with Gasteiger partial charge in [0.2, 0.25) is 5.56 Å². The van der Waals surface area contributed by atoms with Gasteiger partial charge in [0.1, 0.15) is 5.01 Å². The molecule has 2 rings (SSSR count). The van der Waals surface area contributed by atoms with Crippen LogP contribution in [0.25, 0.3) is 10.7 Å². The molecule has 0 bridgehead atoms. The van der Waals surface area contributed by atoms with E-state index in [9.17, 15) is 4.79 Å². The van der Waals surface area contributed by atoms with E-state index in [0.29, 0.717) is 0 Å². The first-order valence-corrected chi connectivity index (χ1v) is 6.34. The molecule has 0 saturated carbocycles. The minimum atomic E-state index is -0.119. The van der Waals surface area contributed by atoms with E-state index in [2.05, 4.69) is 27.4 Å². The molecule has 2 N–H and O–H groups in total. The minimum Gasteiger partial charge on any atom is -0.320 e. The first kappa shape index (κ1) is 11.9. The largest absolute Gasteiger partial charge is 0.320 e. The van der Waals surface area contributed by atoms with Crippen LogP contribution in [0.1, 0.15) is 11.9 Å². The molecule has 0 aromatic carbocycles. The molecule has 0 radical (unpaired) electrons. The zero-order valence-corrected chi connectivity index (χ0v) is 10.4. The quantitative estimate of drug-likeness (QED) is 0.778. The second-order valence-electron chi connectivity index (χ2n) is 3.53. The molecular formula is C11H14N4OS. The summed E-state index contributed by atoms with van der Waals surface area (Å²) in [7, 11) is 0. The summed E-state index contributed by atoms with van der Waals surface area (Å²) in [5, 5.41) is 13.1. The highest BCUT2D eigenvalue weighted by atomic mass is 32.1. The van der Waals surface area contributed by atoms with E-state index < -0.39 is 0 Å². The zero-order chi connectivity index (χ0) is 12.1. The summed E-state index contributed by atoms with van der Waals surface area (Å²) in [6.07, 6.45) is 0.864. The summed E-state index contributed by atoms with van der Waals surface area (Å²) in [6, 6.07) is 5.03. The van der Waals surface area contributed by atoms with E-state index >= 15 is 0 Å². The lowest BCUT2D eigenvalue weighted by molar-refractivity contribution is 0.710. The number of aromatic amines is 1. The Morgan fingerprint density at radius 2 is 2.29 bits per heavy atom. The van der Waals surface area contributed by atoms with Crippen molar-refractivity contribution >= 4 is 11.3 Å². The van der Waals surface area contributed by atoms with Gasteiger partial charge in [-0.05, 0) is 12.6 Å². The first-order valence-electron chi connectivity index (χ1n) is 5.52. The number of hydrogen-bond acceptors (Lipinski definition) is 5. The number of nitrogens with one attached hydrogen (secondary N) is 2. The zero-order valence-electron chi connectivity index (χ0n) is 9.56. The molecule has 0 amide bonds. The van der Waals surface area contributed by atoms with Gasteiger partial charge in [-0.15, -0.1) is 10.2 Å². The van der Waals surface area contributed by atoms with Crippen molar-refractivity contribution < 1.29 is 0 Å². The Kier molecular flexibility index (Phi) is 4.00. The van der Waals surface area contributed by atoms with Crippen molar-refractivity contribution in [3.05, 3.63) is 33.6 Å². The van der Waals surface area contributed by atoms with Crippen LogP contribution in [0.15, 0.2) is 23.0 Å². The van der Waals surface area contributed by atoms with Gasteiger partial charge in [-0.3, -0.25) is 4.79 Å². The van der Waals surface area contributed by atoms with Gasteiger partial charge in [0.15, 0.2) is 5.01 Å². The molecule has 5 nitrogen and oxygen atoms in total. The van der Waals surface area contributed by atoms with Crippen molar-refractivity contribution in [2.75, 3.05) is 13.1 Å². The average molecular weight is 250 g/mol. The highest BCUT2D eigenvalue weighted by molar-refractivity contribution is 7.14. The van der Waals surface area contributed by atoms with Crippen molar-refractivity contribution in [3.8, 4) is 10.7 Å². The van der Waals surface area contributed by atoms with Crippen LogP contribution in [0.5, 0.6) is 0 Å². The third-order valence-corrected chi connectivity index (χ3v) is 3.25. The van der Waals surface area contributed by atoms with E-state index in [0.717, 1.165) is 35.2 Å². The van der Waals surface area contributed by atoms with Crippen LogP contribution in [-0.2, 0) is 6.42 Å². The summed E-state index contributed by atoms with van der Waals surface area (Å²) >= 11 is 1.51. The van der Waals surface area contributed by atoms with Crippen LogP contribution in [0.4, 0.5) is 0 Å². The van der Waals surface area contributed by atoms with Gasteiger partial charge < -0.3 is 10.3 Å². The fraction of sp³-hybridized carbons (Fsp3) is 0.364. The maximum Gasteiger partial charge on any atom is 0.248 e. The molecule has 0 saturated heterocycles. The molecule has 0 fully saturated rings. The number of rotatable bonds is 5. The van der Waals surface area contributed by atoms with Crippen LogP contribution in [-0.4, -0.2) is 28.3 Å². The normalized spacial score (nSPS) is 10.6. The van der Waals surface area contributed by atoms with Crippen molar-refractivity contribution in [1.29, 1.82) is 0 Å². The van der Waals surface area contributed by atoms with Gasteiger partial charge in [0, 0.05) is 19.0 Å². The second kappa shape index (κ2) is 5.70. The molecule has 2 aromatic rings. The highest BCUT2D eigenvalue weighted by Gasteiger charge is 2.06. The van der Waals surface area contributed by atoms with E-state index in [-0.39, 0.29) is 5.56 Å². The van der Waals surface area contributed by atoms with Crippen LogP contribution in [0, 0.1) is 0 Å². The summed E-state index contributed by atoms with van der Waals surface area (Å²) in [5.74, 6) is 0. The number of likely N-dealkylation sites (N-methyl/N-ethyl adjacent to an activating group) is 1. The molecule has 90 valence electrons. The number of hydrogen-bond donors (Lipinski definition) is 2. The lowest BCUT2D eigenvalue weighted by atomic mass is 10.4. The van der Waals surface area contributed by atoms with Gasteiger partial charge >= 0.3 is 0 Å². The Bertz CT molecular complexity index is 534. The standard InChI is InChI=1S/C11H14N4OS/c1-2-12-7-6-10-14-15-11(17-10)8-4-3-5-9(16)13-8/h3-5,12H,2,6-7H2,1H3,(H,13,16). The molecule has 2 heterocycles. The lowest BCUT2D eigenvalue weighted by Crippen LogP contribution is -2.15. The predicted octanol–water partition coefficient (Wildman–Crippen LogP) is 1.05. The van der Waals surface area contributed by atoms with Crippen LogP contribution in [0.3, 0.4) is 0 Å². The van der Waals surface area contributed by atoms with Crippen LogP contribution < -0.4 is 10.9 Å². The molecule has 6 heteroatoms. The van der Waals surface area contributed by atoms with E-state index in [1.165, 1.54) is 17.4 Å². The van der Waals surface area contributed by atoms with Crippen LogP contribution in [0.2, 0.25) is 0 Å². The Morgan fingerprint density at radius 3 is 3.06 bits per heavy atom.